The third kappa shape index (κ3) is 8.29. The number of aliphatic carboxylic acids is 3. The van der Waals surface area contributed by atoms with Crippen LogP contribution in [0.1, 0.15) is 65.9 Å². The molecule has 2 aromatic carbocycles. The first kappa shape index (κ1) is 31.0. The third-order valence-electron chi connectivity index (χ3n) is 7.40. The normalized spacial score (nSPS) is 16.5. The van der Waals surface area contributed by atoms with Gasteiger partial charge in [-0.3, -0.25) is 19.8 Å². The van der Waals surface area contributed by atoms with Crippen LogP contribution in [0.4, 0.5) is 5.69 Å². The average molecular weight is 596 g/mol. The van der Waals surface area contributed by atoms with Gasteiger partial charge in [0.05, 0.1) is 30.5 Å². The zero-order valence-electron chi connectivity index (χ0n) is 23.2. The minimum Gasteiger partial charge on any atom is -0.481 e. The molecule has 0 saturated carbocycles. The number of ether oxygens (including phenoxy) is 1. The van der Waals surface area contributed by atoms with E-state index >= 15 is 0 Å². The Morgan fingerprint density at radius 3 is 2.26 bits per heavy atom. The number of hydrogen-bond acceptors (Lipinski definition) is 9. The lowest BCUT2D eigenvalue weighted by molar-refractivity contribution is -0.151. The molecular formula is C29H33N5O9. The standard InChI is InChI=1S/C29H33N5O9/c30-28(31)32-19-3-1-18(2-4-19)27(41)42-20-5-6-21(17-7-10-34(11-8-17)12-9-24(35)36)22(13-20)23-14-29(43-33-23,15-25(37)38)16-26(39)40/h1-6,13,17H,7-12,14-16H2,(H,35,36)(H,37,38)(H,39,40)(H4,30,31,32). The molecule has 0 amide bonds. The Bertz CT molecular complexity index is 1420. The first-order valence-corrected chi connectivity index (χ1v) is 13.6. The van der Waals surface area contributed by atoms with E-state index in [9.17, 15) is 29.4 Å². The van der Waals surface area contributed by atoms with Crippen molar-refractivity contribution in [2.45, 2.75) is 50.0 Å². The zero-order chi connectivity index (χ0) is 31.1. The number of carboxylic acids is 3. The monoisotopic (exact) mass is 595 g/mol. The smallest absolute Gasteiger partial charge is 0.343 e. The maximum atomic E-state index is 12.9. The van der Waals surface area contributed by atoms with Crippen LogP contribution in [0.5, 0.6) is 5.75 Å². The molecule has 2 heterocycles. The van der Waals surface area contributed by atoms with Crippen LogP contribution in [0.3, 0.4) is 0 Å². The number of likely N-dealkylation sites (tertiary alicyclic amines) is 1. The van der Waals surface area contributed by atoms with Crippen LogP contribution in [-0.2, 0) is 19.2 Å². The lowest BCUT2D eigenvalue weighted by atomic mass is 9.82. The molecule has 1 fully saturated rings. The molecule has 0 spiro atoms. The molecule has 1 saturated heterocycles. The number of benzene rings is 2. The van der Waals surface area contributed by atoms with Crippen LogP contribution in [0.15, 0.2) is 47.6 Å². The Hall–Kier alpha value is -4.98. The van der Waals surface area contributed by atoms with Gasteiger partial charge in [-0.05, 0) is 73.8 Å². The van der Waals surface area contributed by atoms with Crippen molar-refractivity contribution in [1.29, 1.82) is 5.41 Å². The maximum absolute atomic E-state index is 12.9. The van der Waals surface area contributed by atoms with Crippen molar-refractivity contribution >= 4 is 41.2 Å². The molecule has 2 aromatic rings. The van der Waals surface area contributed by atoms with Gasteiger partial charge in [0.2, 0.25) is 0 Å². The summed E-state index contributed by atoms with van der Waals surface area (Å²) in [6.45, 7) is 1.80. The predicted molar refractivity (Wildman–Crippen MR) is 154 cm³/mol. The van der Waals surface area contributed by atoms with E-state index in [0.717, 1.165) is 18.4 Å². The first-order chi connectivity index (χ1) is 20.4. The van der Waals surface area contributed by atoms with Gasteiger partial charge < -0.3 is 40.8 Å². The SMILES string of the molecule is N=C(N)Nc1ccc(C(=O)Oc2ccc(C3CCN(CCC(=O)O)CC3)c(C3=NOC(CC(=O)O)(CC(=O)O)C3)c2)cc1. The second-order valence-corrected chi connectivity index (χ2v) is 10.6. The minimum atomic E-state index is -1.56. The molecule has 0 aromatic heterocycles. The van der Waals surface area contributed by atoms with Crippen molar-refractivity contribution in [1.82, 2.24) is 4.90 Å². The highest BCUT2D eigenvalue weighted by Crippen LogP contribution is 2.38. The number of carboxylic acid groups (broad SMARTS) is 3. The van der Waals surface area contributed by atoms with E-state index in [0.29, 0.717) is 36.6 Å². The summed E-state index contributed by atoms with van der Waals surface area (Å²) >= 11 is 0. The quantitative estimate of drug-likeness (QED) is 0.0901. The predicted octanol–water partition coefficient (Wildman–Crippen LogP) is 2.68. The Morgan fingerprint density at radius 1 is 1.02 bits per heavy atom. The van der Waals surface area contributed by atoms with Crippen LogP contribution in [0.2, 0.25) is 0 Å². The van der Waals surface area contributed by atoms with Gasteiger partial charge in [-0.1, -0.05) is 11.2 Å². The van der Waals surface area contributed by atoms with Crippen molar-refractivity contribution in [3.63, 3.8) is 0 Å². The molecule has 0 bridgehead atoms. The van der Waals surface area contributed by atoms with Crippen LogP contribution in [-0.4, -0.2) is 81.0 Å². The van der Waals surface area contributed by atoms with Gasteiger partial charge in [-0.25, -0.2) is 4.79 Å². The number of anilines is 1. The molecule has 14 nitrogen and oxygen atoms in total. The summed E-state index contributed by atoms with van der Waals surface area (Å²) in [4.78, 5) is 54.6. The van der Waals surface area contributed by atoms with E-state index in [1.807, 2.05) is 6.07 Å². The van der Waals surface area contributed by atoms with E-state index in [2.05, 4.69) is 15.4 Å². The average Bonchev–Trinajstić information content (AvgIpc) is 3.34. The maximum Gasteiger partial charge on any atom is 0.343 e. The number of nitrogens with two attached hydrogens (primary N) is 1. The lowest BCUT2D eigenvalue weighted by Gasteiger charge is -2.32. The first-order valence-electron chi connectivity index (χ1n) is 13.6. The molecule has 0 aliphatic carbocycles. The number of rotatable bonds is 12. The van der Waals surface area contributed by atoms with Gasteiger partial charge in [0.15, 0.2) is 11.6 Å². The minimum absolute atomic E-state index is 0.0406. The number of hydrogen-bond donors (Lipinski definition) is 6. The van der Waals surface area contributed by atoms with Gasteiger partial charge in [-0.15, -0.1) is 0 Å². The second-order valence-electron chi connectivity index (χ2n) is 10.6. The molecule has 228 valence electrons. The van der Waals surface area contributed by atoms with Gasteiger partial charge in [0, 0.05) is 24.2 Å². The van der Waals surface area contributed by atoms with Crippen molar-refractivity contribution < 1.29 is 44.1 Å². The molecule has 7 N–H and O–H groups in total. The largest absolute Gasteiger partial charge is 0.481 e. The van der Waals surface area contributed by atoms with Gasteiger partial charge in [0.1, 0.15) is 5.75 Å². The Kier molecular flexibility index (Phi) is 9.60. The molecule has 4 rings (SSSR count). The van der Waals surface area contributed by atoms with E-state index < -0.39 is 42.3 Å². The summed E-state index contributed by atoms with van der Waals surface area (Å²) in [5.41, 5.74) is 6.31. The summed E-state index contributed by atoms with van der Waals surface area (Å²) < 4.78 is 5.64. The van der Waals surface area contributed by atoms with E-state index in [1.165, 1.54) is 12.1 Å². The van der Waals surface area contributed by atoms with Crippen LogP contribution in [0, 0.1) is 5.41 Å². The Balaban J connectivity index is 1.59. The molecule has 0 unspecified atom stereocenters. The summed E-state index contributed by atoms with van der Waals surface area (Å²) in [6, 6.07) is 11.3. The number of carbonyl (C=O) groups excluding carboxylic acids is 1. The summed E-state index contributed by atoms with van der Waals surface area (Å²) in [5.74, 6) is -3.95. The van der Waals surface area contributed by atoms with Crippen LogP contribution in [0.25, 0.3) is 0 Å². The van der Waals surface area contributed by atoms with Crippen molar-refractivity contribution in [2.75, 3.05) is 25.0 Å². The van der Waals surface area contributed by atoms with Crippen LogP contribution >= 0.6 is 0 Å². The number of nitrogens with zero attached hydrogens (tertiary/aromatic N) is 2. The van der Waals surface area contributed by atoms with E-state index in [1.54, 1.807) is 24.3 Å². The molecule has 0 radical (unpaired) electrons. The van der Waals surface area contributed by atoms with E-state index in [4.69, 9.17) is 25.8 Å². The summed E-state index contributed by atoms with van der Waals surface area (Å²) in [7, 11) is 0. The fourth-order valence-corrected chi connectivity index (χ4v) is 5.41. The fraction of sp³-hybridized carbons (Fsp3) is 0.379. The van der Waals surface area contributed by atoms with Gasteiger partial charge >= 0.3 is 23.9 Å². The molecule has 2 aliphatic rings. The van der Waals surface area contributed by atoms with Crippen molar-refractivity contribution in [2.24, 2.45) is 10.9 Å². The van der Waals surface area contributed by atoms with Gasteiger partial charge in [0.25, 0.3) is 0 Å². The number of nitrogens with one attached hydrogen (secondary N) is 2. The van der Waals surface area contributed by atoms with Gasteiger partial charge in [-0.2, -0.15) is 0 Å². The second kappa shape index (κ2) is 13.3. The number of oxime groups is 1. The van der Waals surface area contributed by atoms with Crippen LogP contribution < -0.4 is 15.8 Å². The highest BCUT2D eigenvalue weighted by Gasteiger charge is 2.44. The zero-order valence-corrected chi connectivity index (χ0v) is 23.2. The lowest BCUT2D eigenvalue weighted by Crippen LogP contribution is -2.36. The molecule has 2 aliphatic heterocycles. The molecule has 14 heteroatoms. The Morgan fingerprint density at radius 2 is 1.67 bits per heavy atom. The fourth-order valence-electron chi connectivity index (χ4n) is 5.41. The molecule has 43 heavy (non-hydrogen) atoms. The summed E-state index contributed by atoms with van der Waals surface area (Å²) in [5, 5.41) is 42.0. The molecule has 0 atom stereocenters. The Labute approximate surface area is 246 Å². The highest BCUT2D eigenvalue weighted by molar-refractivity contribution is 6.04. The number of guanidine groups is 1. The van der Waals surface area contributed by atoms with Crippen molar-refractivity contribution in [3.05, 3.63) is 59.2 Å². The molecular weight excluding hydrogens is 562 g/mol. The topological polar surface area (TPSA) is 225 Å². The third-order valence-corrected chi connectivity index (χ3v) is 7.40. The highest BCUT2D eigenvalue weighted by atomic mass is 16.7. The number of piperidine rings is 1. The summed E-state index contributed by atoms with van der Waals surface area (Å²) in [6.07, 6.45) is 0.290. The van der Waals surface area contributed by atoms with E-state index in [-0.39, 0.29) is 36.0 Å². The number of carbonyl (C=O) groups is 4. The van der Waals surface area contributed by atoms with Crippen molar-refractivity contribution in [3.8, 4) is 5.75 Å². The number of esters is 1.